The lowest BCUT2D eigenvalue weighted by Gasteiger charge is -2.13. The predicted molar refractivity (Wildman–Crippen MR) is 103 cm³/mol. The Morgan fingerprint density at radius 1 is 0.920 bits per heavy atom. The van der Waals surface area contributed by atoms with Crippen LogP contribution in [0.2, 0.25) is 0 Å². The molecule has 0 saturated carbocycles. The van der Waals surface area contributed by atoms with Crippen LogP contribution in [-0.4, -0.2) is 29.3 Å². The molecule has 0 atom stereocenters. The van der Waals surface area contributed by atoms with Gasteiger partial charge in [-0.05, 0) is 55.3 Å². The van der Waals surface area contributed by atoms with E-state index in [0.717, 1.165) is 17.1 Å². The summed E-state index contributed by atoms with van der Waals surface area (Å²) in [7, 11) is 4.03. The van der Waals surface area contributed by atoms with Crippen molar-refractivity contribution in [2.75, 3.05) is 29.6 Å². The van der Waals surface area contributed by atoms with Gasteiger partial charge in [-0.2, -0.15) is 10.1 Å². The minimum atomic E-state index is 0.462. The topological polar surface area (TPSA) is 66.0 Å². The molecule has 0 aliphatic carbocycles. The van der Waals surface area contributed by atoms with E-state index in [-0.39, 0.29) is 0 Å². The largest absolute Gasteiger partial charge is 0.378 e. The zero-order valence-electron chi connectivity index (χ0n) is 14.9. The molecule has 0 unspecified atom stereocenters. The molecule has 0 amide bonds. The molecule has 3 aromatic rings. The number of aromatic nitrogens is 3. The monoisotopic (exact) mass is 334 g/mol. The first-order chi connectivity index (χ1) is 12.0. The first kappa shape index (κ1) is 16.7. The number of nitrogens with zero attached hydrogens (tertiary/aromatic N) is 4. The number of nitrogens with one attached hydrogen (secondary N) is 2. The summed E-state index contributed by atoms with van der Waals surface area (Å²) < 4.78 is 0. The molecule has 3 rings (SSSR count). The van der Waals surface area contributed by atoms with E-state index in [0.29, 0.717) is 11.8 Å². The van der Waals surface area contributed by atoms with Gasteiger partial charge in [0.05, 0.1) is 6.20 Å². The van der Waals surface area contributed by atoms with Crippen LogP contribution >= 0.6 is 0 Å². The van der Waals surface area contributed by atoms with E-state index >= 15 is 0 Å². The third-order valence-corrected chi connectivity index (χ3v) is 4.07. The van der Waals surface area contributed by atoms with E-state index in [2.05, 4.69) is 50.6 Å². The molecule has 2 aromatic carbocycles. The zero-order chi connectivity index (χ0) is 17.8. The van der Waals surface area contributed by atoms with Gasteiger partial charge in [0.15, 0.2) is 5.82 Å². The van der Waals surface area contributed by atoms with Crippen LogP contribution in [-0.2, 0) is 0 Å². The average molecular weight is 334 g/mol. The molecule has 2 N–H and O–H groups in total. The van der Waals surface area contributed by atoms with Gasteiger partial charge in [0, 0.05) is 31.2 Å². The SMILES string of the molecule is Cc1cccc(Nc2nncc(Nc3ccc(N(C)C)cc3)n2)c1C. The summed E-state index contributed by atoms with van der Waals surface area (Å²) in [6.07, 6.45) is 1.61. The van der Waals surface area contributed by atoms with Crippen molar-refractivity contribution >= 4 is 28.8 Å². The Morgan fingerprint density at radius 2 is 1.68 bits per heavy atom. The van der Waals surface area contributed by atoms with E-state index in [4.69, 9.17) is 0 Å². The molecular formula is C19H22N6. The fraction of sp³-hybridized carbons (Fsp3) is 0.211. The summed E-state index contributed by atoms with van der Waals surface area (Å²) >= 11 is 0. The molecule has 1 aromatic heterocycles. The minimum absolute atomic E-state index is 0.462. The quantitative estimate of drug-likeness (QED) is 0.734. The van der Waals surface area contributed by atoms with E-state index in [1.165, 1.54) is 11.1 Å². The van der Waals surface area contributed by atoms with Crippen LogP contribution < -0.4 is 15.5 Å². The molecule has 0 fully saturated rings. The second kappa shape index (κ2) is 7.17. The number of rotatable bonds is 5. The van der Waals surface area contributed by atoms with Crippen molar-refractivity contribution in [2.24, 2.45) is 0 Å². The Kier molecular flexibility index (Phi) is 4.79. The second-order valence-electron chi connectivity index (χ2n) is 6.10. The first-order valence-corrected chi connectivity index (χ1v) is 8.10. The molecule has 0 spiro atoms. The van der Waals surface area contributed by atoms with Gasteiger partial charge in [-0.1, -0.05) is 12.1 Å². The lowest BCUT2D eigenvalue weighted by atomic mass is 10.1. The molecule has 0 saturated heterocycles. The fourth-order valence-corrected chi connectivity index (χ4v) is 2.41. The first-order valence-electron chi connectivity index (χ1n) is 8.10. The van der Waals surface area contributed by atoms with Crippen molar-refractivity contribution in [3.05, 3.63) is 59.8 Å². The highest BCUT2D eigenvalue weighted by atomic mass is 15.3. The third-order valence-electron chi connectivity index (χ3n) is 4.07. The number of hydrogen-bond donors (Lipinski definition) is 2. The molecule has 0 radical (unpaired) electrons. The third kappa shape index (κ3) is 4.03. The molecule has 25 heavy (non-hydrogen) atoms. The summed E-state index contributed by atoms with van der Waals surface area (Å²) in [5, 5.41) is 14.6. The van der Waals surface area contributed by atoms with Crippen molar-refractivity contribution in [3.63, 3.8) is 0 Å². The normalized spacial score (nSPS) is 10.4. The average Bonchev–Trinajstić information content (AvgIpc) is 2.60. The summed E-state index contributed by atoms with van der Waals surface area (Å²) in [5.41, 5.74) is 5.46. The van der Waals surface area contributed by atoms with E-state index < -0.39 is 0 Å². The Balaban J connectivity index is 1.76. The van der Waals surface area contributed by atoms with Crippen molar-refractivity contribution in [1.82, 2.24) is 15.2 Å². The van der Waals surface area contributed by atoms with Gasteiger partial charge in [-0.3, -0.25) is 0 Å². The Morgan fingerprint density at radius 3 is 2.40 bits per heavy atom. The van der Waals surface area contributed by atoms with E-state index in [1.807, 2.05) is 50.5 Å². The fourth-order valence-electron chi connectivity index (χ4n) is 2.41. The smallest absolute Gasteiger partial charge is 0.249 e. The van der Waals surface area contributed by atoms with Crippen molar-refractivity contribution in [2.45, 2.75) is 13.8 Å². The molecule has 6 heteroatoms. The highest BCUT2D eigenvalue weighted by Gasteiger charge is 2.05. The van der Waals surface area contributed by atoms with E-state index in [1.54, 1.807) is 6.20 Å². The lowest BCUT2D eigenvalue weighted by Crippen LogP contribution is -2.08. The summed E-state index contributed by atoms with van der Waals surface area (Å²) in [4.78, 5) is 6.54. The number of anilines is 5. The molecule has 0 aliphatic rings. The molecule has 1 heterocycles. The van der Waals surface area contributed by atoms with Crippen molar-refractivity contribution in [3.8, 4) is 0 Å². The van der Waals surface area contributed by atoms with Crippen LogP contribution in [0.4, 0.5) is 28.8 Å². The van der Waals surface area contributed by atoms with Crippen LogP contribution in [0.15, 0.2) is 48.7 Å². The number of benzene rings is 2. The standard InChI is InChI=1S/C19H22N6/c1-13-6-5-7-17(14(13)2)22-19-23-18(12-20-24-19)21-15-8-10-16(11-9-15)25(3)4/h5-12H,1-4H3,(H2,21,22,23,24). The molecule has 0 aliphatic heterocycles. The summed E-state index contributed by atoms with van der Waals surface area (Å²) in [6.45, 7) is 4.15. The molecule has 128 valence electrons. The summed E-state index contributed by atoms with van der Waals surface area (Å²) in [5.74, 6) is 1.10. The molecule has 0 bridgehead atoms. The van der Waals surface area contributed by atoms with Crippen LogP contribution in [0.5, 0.6) is 0 Å². The minimum Gasteiger partial charge on any atom is -0.378 e. The molecule has 6 nitrogen and oxygen atoms in total. The second-order valence-corrected chi connectivity index (χ2v) is 6.10. The van der Waals surface area contributed by atoms with E-state index in [9.17, 15) is 0 Å². The Hall–Kier alpha value is -3.15. The maximum atomic E-state index is 4.49. The maximum Gasteiger partial charge on any atom is 0.249 e. The Bertz CT molecular complexity index is 858. The lowest BCUT2D eigenvalue weighted by molar-refractivity contribution is 0.981. The number of hydrogen-bond acceptors (Lipinski definition) is 6. The van der Waals surface area contributed by atoms with Crippen molar-refractivity contribution in [1.29, 1.82) is 0 Å². The van der Waals surface area contributed by atoms with Gasteiger partial charge in [-0.15, -0.1) is 5.10 Å². The molecular weight excluding hydrogens is 312 g/mol. The van der Waals surface area contributed by atoms with Crippen LogP contribution in [0, 0.1) is 13.8 Å². The van der Waals surface area contributed by atoms with Gasteiger partial charge in [-0.25, -0.2) is 0 Å². The summed E-state index contributed by atoms with van der Waals surface area (Å²) in [6, 6.07) is 14.2. The van der Waals surface area contributed by atoms with Gasteiger partial charge in [0.2, 0.25) is 5.95 Å². The van der Waals surface area contributed by atoms with Gasteiger partial charge in [0.1, 0.15) is 0 Å². The highest BCUT2D eigenvalue weighted by Crippen LogP contribution is 2.22. The van der Waals surface area contributed by atoms with Gasteiger partial charge in [0.25, 0.3) is 0 Å². The van der Waals surface area contributed by atoms with Crippen LogP contribution in [0.3, 0.4) is 0 Å². The zero-order valence-corrected chi connectivity index (χ0v) is 14.9. The van der Waals surface area contributed by atoms with Crippen molar-refractivity contribution < 1.29 is 0 Å². The van der Waals surface area contributed by atoms with Crippen LogP contribution in [0.25, 0.3) is 0 Å². The highest BCUT2D eigenvalue weighted by molar-refractivity contribution is 5.63. The maximum absolute atomic E-state index is 4.49. The van der Waals surface area contributed by atoms with Crippen LogP contribution in [0.1, 0.15) is 11.1 Å². The van der Waals surface area contributed by atoms with Gasteiger partial charge >= 0.3 is 0 Å². The predicted octanol–water partition coefficient (Wildman–Crippen LogP) is 4.04. The van der Waals surface area contributed by atoms with Gasteiger partial charge < -0.3 is 15.5 Å². The number of aryl methyl sites for hydroxylation is 1. The Labute approximate surface area is 147 Å².